The van der Waals surface area contributed by atoms with Gasteiger partial charge in [0.15, 0.2) is 11.6 Å². The number of halogens is 3. The number of nitrogens with two attached hydrogens (primary N) is 1. The number of carboxylic acids is 1. The average molecular weight is 483 g/mol. The molecule has 9 heteroatoms. The van der Waals surface area contributed by atoms with Gasteiger partial charge in [-0.25, -0.2) is 18.3 Å². The van der Waals surface area contributed by atoms with Gasteiger partial charge in [-0.05, 0) is 53.1 Å². The molecule has 174 valence electrons. The third-order valence-corrected chi connectivity index (χ3v) is 5.59. The molecule has 0 bridgehead atoms. The van der Waals surface area contributed by atoms with Gasteiger partial charge in [-0.15, -0.1) is 0 Å². The third-order valence-electron chi connectivity index (χ3n) is 5.33. The van der Waals surface area contributed by atoms with Crippen molar-refractivity contribution in [3.63, 3.8) is 0 Å². The van der Waals surface area contributed by atoms with Gasteiger partial charge in [0.2, 0.25) is 0 Å². The van der Waals surface area contributed by atoms with Crippen LogP contribution in [-0.4, -0.2) is 25.8 Å². The van der Waals surface area contributed by atoms with Gasteiger partial charge in [0.1, 0.15) is 11.4 Å². The van der Waals surface area contributed by atoms with E-state index in [0.29, 0.717) is 35.9 Å². The van der Waals surface area contributed by atoms with Crippen molar-refractivity contribution in [2.45, 2.75) is 19.6 Å². The summed E-state index contributed by atoms with van der Waals surface area (Å²) < 4.78 is 28.5. The number of hydrogen-bond donors (Lipinski definition) is 2. The molecule has 0 saturated carbocycles. The van der Waals surface area contributed by atoms with Gasteiger partial charge >= 0.3 is 5.97 Å². The highest BCUT2D eigenvalue weighted by Gasteiger charge is 2.15. The van der Waals surface area contributed by atoms with E-state index < -0.39 is 17.6 Å². The quantitative estimate of drug-likeness (QED) is 0.356. The van der Waals surface area contributed by atoms with Crippen molar-refractivity contribution in [2.75, 3.05) is 5.73 Å². The van der Waals surface area contributed by atoms with E-state index >= 15 is 0 Å². The summed E-state index contributed by atoms with van der Waals surface area (Å²) in [5, 5.41) is 13.9. The van der Waals surface area contributed by atoms with E-state index in [4.69, 9.17) is 22.4 Å². The number of rotatable bonds is 8. The van der Waals surface area contributed by atoms with E-state index in [-0.39, 0.29) is 11.4 Å². The number of nitrogens with zero attached hydrogens (tertiary/aromatic N) is 3. The Kier molecular flexibility index (Phi) is 6.90. The lowest BCUT2D eigenvalue weighted by atomic mass is 10.1. The zero-order valence-electron chi connectivity index (χ0n) is 18.0. The number of aromatic carboxylic acids is 1. The molecular weight excluding hydrogens is 462 g/mol. The van der Waals surface area contributed by atoms with E-state index in [9.17, 15) is 13.6 Å². The molecule has 0 radical (unpaired) electrons. The van der Waals surface area contributed by atoms with Crippen LogP contribution in [0.5, 0.6) is 0 Å². The Morgan fingerprint density at radius 1 is 0.912 bits per heavy atom. The first-order valence-electron chi connectivity index (χ1n) is 10.4. The van der Waals surface area contributed by atoms with Crippen LogP contribution in [0.25, 0.3) is 5.69 Å². The van der Waals surface area contributed by atoms with Crippen LogP contribution >= 0.6 is 11.6 Å². The highest BCUT2D eigenvalue weighted by molar-refractivity contribution is 6.30. The Balaban J connectivity index is 1.55. The van der Waals surface area contributed by atoms with Crippen molar-refractivity contribution in [1.82, 2.24) is 14.7 Å². The zero-order valence-corrected chi connectivity index (χ0v) is 18.7. The van der Waals surface area contributed by atoms with Crippen LogP contribution in [0.15, 0.2) is 72.9 Å². The Labute approximate surface area is 199 Å². The SMILES string of the molecule is Nc1c(C(=O)O)cnn1-c1ccc(CN(Cc2ccc(Cl)cc2)Cc2ccc(F)c(F)c2)cc1. The molecule has 0 unspecified atom stereocenters. The fraction of sp³-hybridized carbons (Fsp3) is 0.120. The summed E-state index contributed by atoms with van der Waals surface area (Å²) in [4.78, 5) is 13.3. The molecule has 0 aliphatic carbocycles. The first kappa shape index (κ1) is 23.4. The number of carboxylic acid groups (broad SMARTS) is 1. The Hall–Kier alpha value is -3.75. The first-order valence-corrected chi connectivity index (χ1v) is 10.7. The first-order chi connectivity index (χ1) is 16.3. The Morgan fingerprint density at radius 3 is 2.03 bits per heavy atom. The highest BCUT2D eigenvalue weighted by Crippen LogP contribution is 2.21. The summed E-state index contributed by atoms with van der Waals surface area (Å²) in [5.41, 5.74) is 9.10. The lowest BCUT2D eigenvalue weighted by Crippen LogP contribution is -2.22. The molecule has 0 amide bonds. The second-order valence-corrected chi connectivity index (χ2v) is 8.28. The van der Waals surface area contributed by atoms with E-state index in [1.807, 2.05) is 24.3 Å². The molecule has 0 spiro atoms. The number of anilines is 1. The van der Waals surface area contributed by atoms with Crippen molar-refractivity contribution in [3.05, 3.63) is 112 Å². The molecule has 1 aromatic heterocycles. The van der Waals surface area contributed by atoms with Crippen LogP contribution < -0.4 is 5.73 Å². The lowest BCUT2D eigenvalue weighted by Gasteiger charge is -2.23. The van der Waals surface area contributed by atoms with Gasteiger partial charge in [0, 0.05) is 24.7 Å². The molecule has 3 aromatic carbocycles. The molecule has 0 saturated heterocycles. The van der Waals surface area contributed by atoms with Crippen LogP contribution in [0.3, 0.4) is 0 Å². The largest absolute Gasteiger partial charge is 0.477 e. The van der Waals surface area contributed by atoms with Crippen molar-refractivity contribution in [1.29, 1.82) is 0 Å². The minimum atomic E-state index is -1.14. The maximum atomic E-state index is 13.8. The summed E-state index contributed by atoms with van der Waals surface area (Å²) in [7, 11) is 0. The normalized spacial score (nSPS) is 11.2. The molecule has 6 nitrogen and oxygen atoms in total. The summed E-state index contributed by atoms with van der Waals surface area (Å²) in [5.74, 6) is -2.86. The molecule has 0 aliphatic heterocycles. The number of carbonyl (C=O) groups is 1. The van der Waals surface area contributed by atoms with Gasteiger partial charge in [-0.1, -0.05) is 41.9 Å². The van der Waals surface area contributed by atoms with Crippen molar-refractivity contribution >= 4 is 23.4 Å². The number of nitrogen functional groups attached to an aromatic ring is 1. The second-order valence-electron chi connectivity index (χ2n) is 7.85. The van der Waals surface area contributed by atoms with Gasteiger partial charge in [-0.3, -0.25) is 4.90 Å². The van der Waals surface area contributed by atoms with Gasteiger partial charge in [-0.2, -0.15) is 5.10 Å². The van der Waals surface area contributed by atoms with E-state index in [1.54, 1.807) is 30.3 Å². The fourth-order valence-corrected chi connectivity index (χ4v) is 3.77. The van der Waals surface area contributed by atoms with Crippen LogP contribution in [0.2, 0.25) is 5.02 Å². The summed E-state index contributed by atoms with van der Waals surface area (Å²) in [6, 6.07) is 18.7. The minimum Gasteiger partial charge on any atom is -0.477 e. The van der Waals surface area contributed by atoms with Crippen molar-refractivity contribution in [3.8, 4) is 5.69 Å². The van der Waals surface area contributed by atoms with E-state index in [1.165, 1.54) is 16.9 Å². The van der Waals surface area contributed by atoms with Gasteiger partial charge < -0.3 is 10.8 Å². The maximum absolute atomic E-state index is 13.8. The van der Waals surface area contributed by atoms with Crippen LogP contribution in [-0.2, 0) is 19.6 Å². The molecular formula is C25H21ClF2N4O2. The molecule has 4 rings (SSSR count). The van der Waals surface area contributed by atoms with Crippen LogP contribution in [0.1, 0.15) is 27.0 Å². The summed E-state index contributed by atoms with van der Waals surface area (Å²) in [6.45, 7) is 1.48. The molecule has 1 heterocycles. The third kappa shape index (κ3) is 5.41. The van der Waals surface area contributed by atoms with Gasteiger partial charge in [0.25, 0.3) is 0 Å². The van der Waals surface area contributed by atoms with Crippen molar-refractivity contribution in [2.24, 2.45) is 0 Å². The Morgan fingerprint density at radius 2 is 1.47 bits per heavy atom. The standard InChI is InChI=1S/C25H21ClF2N4O2/c26-19-6-1-16(2-7-19)13-31(15-18-5-10-22(27)23(28)11-18)14-17-3-8-20(9-4-17)32-24(29)21(12-30-32)25(33)34/h1-12H,13-15,29H2,(H,33,34). The maximum Gasteiger partial charge on any atom is 0.341 e. The number of hydrogen-bond acceptors (Lipinski definition) is 4. The highest BCUT2D eigenvalue weighted by atomic mass is 35.5. The number of benzene rings is 3. The van der Waals surface area contributed by atoms with E-state index in [2.05, 4.69) is 10.00 Å². The molecule has 3 N–H and O–H groups in total. The molecule has 0 fully saturated rings. The summed E-state index contributed by atoms with van der Waals surface area (Å²) in [6.07, 6.45) is 1.21. The predicted octanol–water partition coefficient (Wildman–Crippen LogP) is 5.29. The van der Waals surface area contributed by atoms with Crippen molar-refractivity contribution < 1.29 is 18.7 Å². The molecule has 0 aliphatic rings. The lowest BCUT2D eigenvalue weighted by molar-refractivity contribution is 0.0698. The molecule has 0 atom stereocenters. The number of aromatic nitrogens is 2. The van der Waals surface area contributed by atoms with Gasteiger partial charge in [0.05, 0.1) is 11.9 Å². The molecule has 34 heavy (non-hydrogen) atoms. The smallest absolute Gasteiger partial charge is 0.341 e. The van der Waals surface area contributed by atoms with Crippen LogP contribution in [0.4, 0.5) is 14.6 Å². The zero-order chi connectivity index (χ0) is 24.2. The fourth-order valence-electron chi connectivity index (χ4n) is 3.64. The minimum absolute atomic E-state index is 0.0444. The summed E-state index contributed by atoms with van der Waals surface area (Å²) >= 11 is 6.00. The predicted molar refractivity (Wildman–Crippen MR) is 126 cm³/mol. The second kappa shape index (κ2) is 10.0. The topological polar surface area (TPSA) is 84.4 Å². The monoisotopic (exact) mass is 482 g/mol. The molecule has 4 aromatic rings. The average Bonchev–Trinajstić information content (AvgIpc) is 3.20. The van der Waals surface area contributed by atoms with E-state index in [0.717, 1.165) is 17.2 Å². The van der Waals surface area contributed by atoms with Crippen LogP contribution in [0, 0.1) is 11.6 Å². The Bertz CT molecular complexity index is 1310.